The fourth-order valence-electron chi connectivity index (χ4n) is 2.04. The minimum Gasteiger partial charge on any atom is -0.377 e. The van der Waals surface area contributed by atoms with E-state index in [1.807, 2.05) is 0 Å². The van der Waals surface area contributed by atoms with E-state index in [0.29, 0.717) is 12.1 Å². The fourth-order valence-corrected chi connectivity index (χ4v) is 2.04. The number of nitrogens with one attached hydrogen (secondary N) is 1. The van der Waals surface area contributed by atoms with Crippen LogP contribution in [0.1, 0.15) is 47.0 Å². The molecule has 0 aliphatic carbocycles. The Hall–Kier alpha value is -0.0800. The third kappa shape index (κ3) is 2.68. The number of hydrogen-bond acceptors (Lipinski definition) is 2. The second-order valence-electron chi connectivity index (χ2n) is 4.41. The SMILES string of the molecule is CCC1OCCC(C)(CC)NC1C. The van der Waals surface area contributed by atoms with Crippen molar-refractivity contribution >= 4 is 0 Å². The lowest BCUT2D eigenvalue weighted by atomic mass is 9.94. The Balaban J connectivity index is 2.60. The first kappa shape index (κ1) is 11.0. The van der Waals surface area contributed by atoms with Crippen LogP contribution in [0.3, 0.4) is 0 Å². The summed E-state index contributed by atoms with van der Waals surface area (Å²) in [5, 5.41) is 3.68. The predicted octanol–water partition coefficient (Wildman–Crippen LogP) is 2.33. The largest absolute Gasteiger partial charge is 0.377 e. The number of ether oxygens (including phenoxy) is 1. The van der Waals surface area contributed by atoms with E-state index in [1.165, 1.54) is 6.42 Å². The molecule has 1 aliphatic rings. The molecule has 1 fully saturated rings. The molecule has 2 heteroatoms. The summed E-state index contributed by atoms with van der Waals surface area (Å²) in [6, 6.07) is 0.484. The Labute approximate surface area is 82.0 Å². The maximum atomic E-state index is 5.80. The van der Waals surface area contributed by atoms with Crippen LogP contribution in [-0.2, 0) is 4.74 Å². The van der Waals surface area contributed by atoms with Crippen LogP contribution in [0, 0.1) is 0 Å². The summed E-state index contributed by atoms with van der Waals surface area (Å²) < 4.78 is 5.80. The zero-order valence-corrected chi connectivity index (χ0v) is 9.39. The molecule has 0 saturated carbocycles. The lowest BCUT2D eigenvalue weighted by molar-refractivity contribution is 0.0444. The zero-order valence-electron chi connectivity index (χ0n) is 9.39. The highest BCUT2D eigenvalue weighted by atomic mass is 16.5. The van der Waals surface area contributed by atoms with Crippen molar-refractivity contribution in [1.82, 2.24) is 5.32 Å². The normalized spacial score (nSPS) is 41.5. The molecule has 0 amide bonds. The van der Waals surface area contributed by atoms with Crippen LogP contribution in [0.15, 0.2) is 0 Å². The first-order valence-corrected chi connectivity index (χ1v) is 5.50. The van der Waals surface area contributed by atoms with Crippen LogP contribution in [0.25, 0.3) is 0 Å². The minimum absolute atomic E-state index is 0.281. The van der Waals surface area contributed by atoms with E-state index in [9.17, 15) is 0 Å². The summed E-state index contributed by atoms with van der Waals surface area (Å²) >= 11 is 0. The molecule has 13 heavy (non-hydrogen) atoms. The molecule has 0 aromatic rings. The molecule has 0 aromatic heterocycles. The van der Waals surface area contributed by atoms with Crippen molar-refractivity contribution in [3.63, 3.8) is 0 Å². The molecule has 1 N–H and O–H groups in total. The highest BCUT2D eigenvalue weighted by Gasteiger charge is 2.30. The fraction of sp³-hybridized carbons (Fsp3) is 1.00. The van der Waals surface area contributed by atoms with Gasteiger partial charge in [-0.3, -0.25) is 0 Å². The molecule has 0 radical (unpaired) electrons. The van der Waals surface area contributed by atoms with Gasteiger partial charge in [0.05, 0.1) is 6.10 Å². The maximum Gasteiger partial charge on any atom is 0.0722 e. The Kier molecular flexibility index (Phi) is 3.74. The molecule has 1 saturated heterocycles. The van der Waals surface area contributed by atoms with Gasteiger partial charge in [0.25, 0.3) is 0 Å². The monoisotopic (exact) mass is 185 g/mol. The van der Waals surface area contributed by atoms with Crippen molar-refractivity contribution < 1.29 is 4.74 Å². The van der Waals surface area contributed by atoms with E-state index < -0.39 is 0 Å². The standard InChI is InChI=1S/C11H23NO/c1-5-10-9(3)12-11(4,6-2)7-8-13-10/h9-10,12H,5-8H2,1-4H3. The summed E-state index contributed by atoms with van der Waals surface area (Å²) in [7, 11) is 0. The highest BCUT2D eigenvalue weighted by molar-refractivity contribution is 4.89. The highest BCUT2D eigenvalue weighted by Crippen LogP contribution is 2.21. The molecule has 1 heterocycles. The van der Waals surface area contributed by atoms with Gasteiger partial charge in [-0.05, 0) is 33.1 Å². The van der Waals surface area contributed by atoms with E-state index in [4.69, 9.17) is 4.74 Å². The zero-order chi connectivity index (χ0) is 9.90. The van der Waals surface area contributed by atoms with Gasteiger partial charge in [-0.15, -0.1) is 0 Å². The van der Waals surface area contributed by atoms with Gasteiger partial charge in [0.15, 0.2) is 0 Å². The predicted molar refractivity (Wildman–Crippen MR) is 55.9 cm³/mol. The summed E-state index contributed by atoms with van der Waals surface area (Å²) in [5.74, 6) is 0. The third-order valence-corrected chi connectivity index (χ3v) is 3.30. The molecular formula is C11H23NO. The van der Waals surface area contributed by atoms with Gasteiger partial charge in [-0.1, -0.05) is 13.8 Å². The van der Waals surface area contributed by atoms with Gasteiger partial charge in [0.2, 0.25) is 0 Å². The lowest BCUT2D eigenvalue weighted by Gasteiger charge is -2.31. The average molecular weight is 185 g/mol. The van der Waals surface area contributed by atoms with Crippen molar-refractivity contribution in [2.45, 2.75) is 64.6 Å². The van der Waals surface area contributed by atoms with Crippen LogP contribution in [0.5, 0.6) is 0 Å². The van der Waals surface area contributed by atoms with Crippen molar-refractivity contribution in [3.8, 4) is 0 Å². The summed E-state index contributed by atoms with van der Waals surface area (Å²) in [5.41, 5.74) is 0.281. The Morgan fingerprint density at radius 2 is 2.15 bits per heavy atom. The minimum atomic E-state index is 0.281. The van der Waals surface area contributed by atoms with Gasteiger partial charge >= 0.3 is 0 Å². The molecule has 1 aliphatic heterocycles. The first-order valence-electron chi connectivity index (χ1n) is 5.50. The van der Waals surface area contributed by atoms with Crippen LogP contribution in [0.4, 0.5) is 0 Å². The average Bonchev–Trinajstić information content (AvgIpc) is 2.25. The van der Waals surface area contributed by atoms with Crippen molar-refractivity contribution in [3.05, 3.63) is 0 Å². The topological polar surface area (TPSA) is 21.3 Å². The summed E-state index contributed by atoms with van der Waals surface area (Å²) in [6.45, 7) is 9.86. The smallest absolute Gasteiger partial charge is 0.0722 e. The Morgan fingerprint density at radius 1 is 1.46 bits per heavy atom. The molecule has 0 spiro atoms. The van der Waals surface area contributed by atoms with E-state index >= 15 is 0 Å². The number of rotatable bonds is 2. The van der Waals surface area contributed by atoms with Crippen molar-refractivity contribution in [1.29, 1.82) is 0 Å². The Bertz CT molecular complexity index is 160. The number of hydrogen-bond donors (Lipinski definition) is 1. The molecule has 0 aromatic carbocycles. The van der Waals surface area contributed by atoms with Crippen LogP contribution < -0.4 is 5.32 Å². The first-order chi connectivity index (χ1) is 6.11. The second-order valence-corrected chi connectivity index (χ2v) is 4.41. The molecule has 1 rings (SSSR count). The van der Waals surface area contributed by atoms with Crippen LogP contribution >= 0.6 is 0 Å². The summed E-state index contributed by atoms with van der Waals surface area (Å²) in [6.07, 6.45) is 3.81. The summed E-state index contributed by atoms with van der Waals surface area (Å²) in [4.78, 5) is 0. The van der Waals surface area contributed by atoms with Crippen molar-refractivity contribution in [2.24, 2.45) is 0 Å². The van der Waals surface area contributed by atoms with E-state index in [1.54, 1.807) is 0 Å². The van der Waals surface area contributed by atoms with Crippen molar-refractivity contribution in [2.75, 3.05) is 6.61 Å². The molecule has 0 bridgehead atoms. The quantitative estimate of drug-likeness (QED) is 0.713. The molecule has 3 atom stereocenters. The van der Waals surface area contributed by atoms with Gasteiger partial charge in [-0.25, -0.2) is 0 Å². The van der Waals surface area contributed by atoms with Crippen LogP contribution in [-0.4, -0.2) is 24.3 Å². The Morgan fingerprint density at radius 3 is 2.69 bits per heavy atom. The van der Waals surface area contributed by atoms with Crippen LogP contribution in [0.2, 0.25) is 0 Å². The molecule has 3 unspecified atom stereocenters. The van der Waals surface area contributed by atoms with Gasteiger partial charge in [0, 0.05) is 18.2 Å². The maximum absolute atomic E-state index is 5.80. The molecule has 2 nitrogen and oxygen atoms in total. The molecular weight excluding hydrogens is 162 g/mol. The lowest BCUT2D eigenvalue weighted by Crippen LogP contribution is -2.48. The van der Waals surface area contributed by atoms with Gasteiger partial charge in [0.1, 0.15) is 0 Å². The third-order valence-electron chi connectivity index (χ3n) is 3.30. The van der Waals surface area contributed by atoms with Gasteiger partial charge < -0.3 is 10.1 Å². The van der Waals surface area contributed by atoms with E-state index in [2.05, 4.69) is 33.0 Å². The van der Waals surface area contributed by atoms with Gasteiger partial charge in [-0.2, -0.15) is 0 Å². The second kappa shape index (κ2) is 4.43. The van der Waals surface area contributed by atoms with E-state index in [0.717, 1.165) is 19.4 Å². The molecule has 78 valence electrons. The van der Waals surface area contributed by atoms with E-state index in [-0.39, 0.29) is 5.54 Å².